The number of hydrogen-bond acceptors (Lipinski definition) is 8. The summed E-state index contributed by atoms with van der Waals surface area (Å²) in [4.78, 5) is 57.2. The van der Waals surface area contributed by atoms with Crippen LogP contribution in [-0.4, -0.2) is 88.3 Å². The molecule has 2 atom stereocenters. The van der Waals surface area contributed by atoms with Crippen molar-refractivity contribution in [3.05, 3.63) is 70.7 Å². The Hall–Kier alpha value is -4.56. The topological polar surface area (TPSA) is 148 Å². The summed E-state index contributed by atoms with van der Waals surface area (Å²) in [6, 6.07) is 6.75. The first-order valence-corrected chi connectivity index (χ1v) is 12.6. The van der Waals surface area contributed by atoms with Crippen molar-refractivity contribution in [2.24, 2.45) is 0 Å². The lowest BCUT2D eigenvalue weighted by molar-refractivity contribution is -0.130. The number of imidazole rings is 1. The molecule has 220 valence electrons. The number of anilines is 1. The van der Waals surface area contributed by atoms with E-state index in [9.17, 15) is 28.7 Å². The minimum Gasteiger partial charge on any atom is -0.436 e. The molecule has 1 aromatic carbocycles. The number of nitrogens with one attached hydrogen (secondary N) is 1. The molecule has 2 aromatic heterocycles. The van der Waals surface area contributed by atoms with Crippen LogP contribution in [0.25, 0.3) is 11.0 Å². The predicted octanol–water partition coefficient (Wildman–Crippen LogP) is 1.91. The summed E-state index contributed by atoms with van der Waals surface area (Å²) < 4.78 is 26.7. The monoisotopic (exact) mass is 572 g/mol. The molecule has 0 bridgehead atoms. The number of halogens is 1. The first kappa shape index (κ1) is 31.0. The summed E-state index contributed by atoms with van der Waals surface area (Å²) in [6.45, 7) is -0.150. The van der Waals surface area contributed by atoms with Gasteiger partial charge >= 0.3 is 6.09 Å². The average molecular weight is 573 g/mol. The van der Waals surface area contributed by atoms with E-state index >= 15 is 0 Å². The van der Waals surface area contributed by atoms with Crippen LogP contribution in [0, 0.1) is 5.82 Å². The third kappa shape index (κ3) is 7.77. The minimum atomic E-state index is -1.45. The first-order valence-electron chi connectivity index (χ1n) is 12.6. The van der Waals surface area contributed by atoms with Gasteiger partial charge in [-0.25, -0.2) is 14.2 Å². The number of allylic oxidation sites excluding steroid dienone is 1. The van der Waals surface area contributed by atoms with E-state index in [4.69, 9.17) is 9.47 Å². The van der Waals surface area contributed by atoms with Gasteiger partial charge < -0.3 is 34.3 Å². The number of rotatable bonds is 11. The van der Waals surface area contributed by atoms with Crippen molar-refractivity contribution < 1.29 is 33.4 Å². The summed E-state index contributed by atoms with van der Waals surface area (Å²) >= 11 is 0. The van der Waals surface area contributed by atoms with Gasteiger partial charge in [0.15, 0.2) is 6.10 Å². The van der Waals surface area contributed by atoms with E-state index in [0.29, 0.717) is 5.52 Å². The normalized spacial score (nSPS) is 12.8. The van der Waals surface area contributed by atoms with Crippen LogP contribution in [0.15, 0.2) is 53.5 Å². The summed E-state index contributed by atoms with van der Waals surface area (Å²) in [5.74, 6) is -1.30. The van der Waals surface area contributed by atoms with E-state index in [1.54, 1.807) is 20.2 Å². The maximum absolute atomic E-state index is 13.8. The Kier molecular flexibility index (Phi) is 10.3. The van der Waals surface area contributed by atoms with Crippen molar-refractivity contribution >= 4 is 34.6 Å². The van der Waals surface area contributed by atoms with Crippen molar-refractivity contribution in [1.29, 1.82) is 0 Å². The van der Waals surface area contributed by atoms with E-state index in [2.05, 4.69) is 10.3 Å². The van der Waals surface area contributed by atoms with Gasteiger partial charge in [0.1, 0.15) is 17.3 Å². The van der Waals surface area contributed by atoms with Crippen molar-refractivity contribution in [1.82, 2.24) is 23.9 Å². The largest absolute Gasteiger partial charge is 0.436 e. The summed E-state index contributed by atoms with van der Waals surface area (Å²) in [7, 11) is 7.41. The number of pyridine rings is 1. The third-order valence-electron chi connectivity index (χ3n) is 5.94. The van der Waals surface area contributed by atoms with Gasteiger partial charge in [0.2, 0.25) is 12.3 Å². The number of hydrogen-bond donors (Lipinski definition) is 2. The molecule has 0 saturated carbocycles. The molecule has 0 aliphatic rings. The fraction of sp³-hybridized carbons (Fsp3) is 0.370. The zero-order valence-corrected chi connectivity index (χ0v) is 23.4. The highest BCUT2D eigenvalue weighted by molar-refractivity contribution is 5.95. The Morgan fingerprint density at radius 1 is 1.17 bits per heavy atom. The van der Waals surface area contributed by atoms with Crippen LogP contribution in [0.2, 0.25) is 0 Å². The van der Waals surface area contributed by atoms with Gasteiger partial charge in [-0.15, -0.1) is 0 Å². The van der Waals surface area contributed by atoms with Crippen LogP contribution < -0.4 is 10.9 Å². The number of aliphatic hydroxyl groups excluding tert-OH is 1. The Balaban J connectivity index is 1.85. The van der Waals surface area contributed by atoms with Crippen molar-refractivity contribution in [3.8, 4) is 0 Å². The first-order chi connectivity index (χ1) is 19.4. The van der Waals surface area contributed by atoms with Crippen LogP contribution in [0.3, 0.4) is 0 Å². The van der Waals surface area contributed by atoms with Crippen LogP contribution in [0.4, 0.5) is 14.9 Å². The molecule has 0 aliphatic carbocycles. The Morgan fingerprint density at radius 3 is 2.56 bits per heavy atom. The molecule has 13 nitrogen and oxygen atoms in total. The molecule has 1 unspecified atom stereocenters. The number of ether oxygens (including phenoxy) is 2. The highest BCUT2D eigenvalue weighted by atomic mass is 19.1. The molecular weight excluding hydrogens is 539 g/mol. The third-order valence-corrected chi connectivity index (χ3v) is 5.94. The lowest BCUT2D eigenvalue weighted by atomic mass is 10.1. The maximum atomic E-state index is 13.8. The van der Waals surface area contributed by atoms with Crippen LogP contribution in [-0.2, 0) is 25.6 Å². The highest BCUT2D eigenvalue weighted by Gasteiger charge is 2.25. The molecule has 0 aliphatic heterocycles. The second-order valence-electron chi connectivity index (χ2n) is 9.42. The molecule has 3 amide bonds. The van der Waals surface area contributed by atoms with Gasteiger partial charge in [-0.1, -0.05) is 6.08 Å². The second-order valence-corrected chi connectivity index (χ2v) is 9.42. The second kappa shape index (κ2) is 13.7. The quantitative estimate of drug-likeness (QED) is 0.262. The lowest BCUT2D eigenvalue weighted by Gasteiger charge is -2.20. The zero-order chi connectivity index (χ0) is 30.3. The number of benzene rings is 1. The fourth-order valence-corrected chi connectivity index (χ4v) is 3.76. The van der Waals surface area contributed by atoms with Crippen LogP contribution in [0.1, 0.15) is 25.1 Å². The number of methoxy groups -OCH3 is 1. The minimum absolute atomic E-state index is 0.0547. The number of fused-ring (bicyclic) bond motifs is 1. The van der Waals surface area contributed by atoms with Gasteiger partial charge in [0.05, 0.1) is 17.6 Å². The molecule has 2 N–H and O–H groups in total. The predicted molar refractivity (Wildman–Crippen MR) is 147 cm³/mol. The SMILES string of the molecule is COC(O)n1c(Cn2cccc(NC(=O)[C@H](CC/C=C/C(=O)N(C)C)OC(=O)N(C)C)c2=O)nc2cc(F)ccc21. The molecule has 3 aromatic rings. The molecule has 0 saturated heterocycles. The van der Waals surface area contributed by atoms with Gasteiger partial charge in [0, 0.05) is 47.6 Å². The molecule has 3 rings (SSSR count). The molecule has 0 radical (unpaired) electrons. The van der Waals surface area contributed by atoms with Crippen molar-refractivity contribution in [2.75, 3.05) is 40.6 Å². The fourth-order valence-electron chi connectivity index (χ4n) is 3.76. The maximum Gasteiger partial charge on any atom is 0.410 e. The number of likely N-dealkylation sites (N-methyl/N-ethyl adjacent to an activating group) is 1. The van der Waals surface area contributed by atoms with E-state index in [0.717, 1.165) is 4.90 Å². The van der Waals surface area contributed by atoms with E-state index in [1.807, 2.05) is 0 Å². The molecular formula is C27H33FN6O7. The smallest absolute Gasteiger partial charge is 0.410 e. The van der Waals surface area contributed by atoms with Gasteiger partial charge in [-0.2, -0.15) is 0 Å². The van der Waals surface area contributed by atoms with Gasteiger partial charge in [0.25, 0.3) is 11.5 Å². The Morgan fingerprint density at radius 2 is 1.90 bits per heavy atom. The lowest BCUT2D eigenvalue weighted by Crippen LogP contribution is -2.37. The number of nitrogens with zero attached hydrogens (tertiary/aromatic N) is 5. The van der Waals surface area contributed by atoms with Crippen LogP contribution >= 0.6 is 0 Å². The standard InChI is InChI=1S/C27H33FN6O7/c1-31(2)23(35)11-7-6-10-21(41-26(38)32(3)4)24(36)30-18-9-8-14-33(25(18)37)16-22-29-19-15-17(28)12-13-20(19)34(22)27(39)40-5/h7-9,11-15,21,27,39H,6,10,16H2,1-5H3,(H,30,36)/b11-7+/t21-,27?/m0/s1. The number of carbonyl (C=O) groups excluding carboxylic acids is 3. The zero-order valence-electron chi connectivity index (χ0n) is 23.4. The number of aliphatic hydroxyl groups is 1. The van der Waals surface area contributed by atoms with Crippen molar-refractivity contribution in [2.45, 2.75) is 31.9 Å². The number of aromatic nitrogens is 3. The Bertz CT molecular complexity index is 1500. The highest BCUT2D eigenvalue weighted by Crippen LogP contribution is 2.22. The number of amides is 3. The van der Waals surface area contributed by atoms with Gasteiger partial charge in [-0.05, 0) is 43.2 Å². The molecule has 2 heterocycles. The molecule has 14 heteroatoms. The molecule has 0 fully saturated rings. The average Bonchev–Trinajstić information content (AvgIpc) is 3.28. The summed E-state index contributed by atoms with van der Waals surface area (Å²) in [5.41, 5.74) is -0.0601. The summed E-state index contributed by atoms with van der Waals surface area (Å²) in [6.07, 6.45) is 1.21. The Labute approximate surface area is 235 Å². The van der Waals surface area contributed by atoms with Gasteiger partial charge in [-0.3, -0.25) is 19.0 Å². The van der Waals surface area contributed by atoms with E-state index in [-0.39, 0.29) is 42.3 Å². The number of carbonyl (C=O) groups is 3. The van der Waals surface area contributed by atoms with Crippen LogP contribution in [0.5, 0.6) is 0 Å². The molecule has 0 spiro atoms. The van der Waals surface area contributed by atoms with E-state index < -0.39 is 35.9 Å². The van der Waals surface area contributed by atoms with E-state index in [1.165, 1.54) is 77.8 Å². The van der Waals surface area contributed by atoms with Crippen molar-refractivity contribution in [3.63, 3.8) is 0 Å². The summed E-state index contributed by atoms with van der Waals surface area (Å²) in [5, 5.41) is 12.9. The molecule has 41 heavy (non-hydrogen) atoms.